The van der Waals surface area contributed by atoms with Crippen LogP contribution in [0, 0.1) is 0 Å². The van der Waals surface area contributed by atoms with Crippen molar-refractivity contribution in [3.63, 3.8) is 0 Å². The van der Waals surface area contributed by atoms with Gasteiger partial charge in [0.25, 0.3) is 5.91 Å². The molecule has 10 heteroatoms. The van der Waals surface area contributed by atoms with Crippen molar-refractivity contribution in [1.29, 1.82) is 0 Å². The van der Waals surface area contributed by atoms with Crippen LogP contribution in [-0.2, 0) is 9.84 Å². The number of carbonyl (C=O) groups is 1. The highest BCUT2D eigenvalue weighted by atomic mass is 35.5. The fraction of sp³-hybridized carbons (Fsp3) is 0.118. The Labute approximate surface area is 165 Å². The van der Waals surface area contributed by atoms with Crippen molar-refractivity contribution >= 4 is 45.0 Å². The van der Waals surface area contributed by atoms with E-state index in [1.165, 1.54) is 24.3 Å². The maximum absolute atomic E-state index is 12.3. The molecule has 140 valence electrons. The molecule has 0 unspecified atom stereocenters. The summed E-state index contributed by atoms with van der Waals surface area (Å²) in [7, 11) is -3.29. The molecule has 7 nitrogen and oxygen atoms in total. The highest BCUT2D eigenvalue weighted by Gasteiger charge is 2.16. The van der Waals surface area contributed by atoms with Gasteiger partial charge >= 0.3 is 6.01 Å². The zero-order chi connectivity index (χ0) is 19.6. The summed E-state index contributed by atoms with van der Waals surface area (Å²) in [4.78, 5) is 12.5. The number of amides is 1. The van der Waals surface area contributed by atoms with Crippen LogP contribution >= 0.6 is 23.2 Å². The van der Waals surface area contributed by atoms with Gasteiger partial charge in [-0.05, 0) is 42.5 Å². The summed E-state index contributed by atoms with van der Waals surface area (Å²) in [5.74, 6) is -0.417. The van der Waals surface area contributed by atoms with E-state index in [0.29, 0.717) is 10.6 Å². The van der Waals surface area contributed by atoms with Crippen LogP contribution in [0.5, 0.6) is 0 Å². The number of hydrogen-bond acceptors (Lipinski definition) is 6. The number of sulfone groups is 1. The number of carbonyl (C=O) groups excluding carboxylic acids is 1. The third-order valence-corrected chi connectivity index (χ3v) is 5.97. The minimum Gasteiger partial charge on any atom is -0.403 e. The van der Waals surface area contributed by atoms with E-state index in [1.54, 1.807) is 25.1 Å². The van der Waals surface area contributed by atoms with E-state index in [2.05, 4.69) is 15.5 Å². The molecule has 0 aliphatic heterocycles. The second kappa shape index (κ2) is 7.67. The Morgan fingerprint density at radius 3 is 2.48 bits per heavy atom. The monoisotopic (exact) mass is 425 g/mol. The van der Waals surface area contributed by atoms with Crippen molar-refractivity contribution in [3.05, 3.63) is 58.1 Å². The molecule has 3 rings (SSSR count). The van der Waals surface area contributed by atoms with Crippen molar-refractivity contribution in [3.8, 4) is 11.5 Å². The highest BCUT2D eigenvalue weighted by Crippen LogP contribution is 2.24. The molecule has 1 aromatic heterocycles. The molecule has 0 saturated heterocycles. The van der Waals surface area contributed by atoms with Crippen molar-refractivity contribution in [2.24, 2.45) is 0 Å². The fourth-order valence-electron chi connectivity index (χ4n) is 2.20. The van der Waals surface area contributed by atoms with E-state index >= 15 is 0 Å². The van der Waals surface area contributed by atoms with Crippen LogP contribution in [0.2, 0.25) is 10.0 Å². The minimum atomic E-state index is -3.29. The summed E-state index contributed by atoms with van der Waals surface area (Å²) in [5.41, 5.74) is 0.678. The van der Waals surface area contributed by atoms with Gasteiger partial charge in [0.05, 0.1) is 21.2 Å². The number of rotatable bonds is 5. The smallest absolute Gasteiger partial charge is 0.322 e. The largest absolute Gasteiger partial charge is 0.403 e. The lowest BCUT2D eigenvalue weighted by Gasteiger charge is -2.03. The van der Waals surface area contributed by atoms with Crippen molar-refractivity contribution in [1.82, 2.24) is 10.2 Å². The summed E-state index contributed by atoms with van der Waals surface area (Å²) in [6.45, 7) is 1.57. The highest BCUT2D eigenvalue weighted by molar-refractivity contribution is 7.91. The maximum Gasteiger partial charge on any atom is 0.322 e. The molecule has 0 radical (unpaired) electrons. The summed E-state index contributed by atoms with van der Waals surface area (Å²) in [5, 5.41) is 10.6. The van der Waals surface area contributed by atoms with Crippen LogP contribution in [0.4, 0.5) is 6.01 Å². The maximum atomic E-state index is 12.3. The molecule has 3 aromatic rings. The van der Waals surface area contributed by atoms with E-state index in [0.717, 1.165) is 0 Å². The molecule has 1 heterocycles. The van der Waals surface area contributed by atoms with E-state index < -0.39 is 15.7 Å². The van der Waals surface area contributed by atoms with E-state index in [9.17, 15) is 13.2 Å². The molecule has 2 aromatic carbocycles. The third kappa shape index (κ3) is 4.29. The molecule has 0 aliphatic rings. The topological polar surface area (TPSA) is 102 Å². The molecule has 0 spiro atoms. The van der Waals surface area contributed by atoms with Gasteiger partial charge in [-0.25, -0.2) is 8.42 Å². The van der Waals surface area contributed by atoms with Crippen molar-refractivity contribution in [2.75, 3.05) is 11.1 Å². The molecule has 1 amide bonds. The lowest BCUT2D eigenvalue weighted by atomic mass is 10.2. The van der Waals surface area contributed by atoms with Crippen LogP contribution < -0.4 is 5.32 Å². The Bertz CT molecular complexity index is 1100. The van der Waals surface area contributed by atoms with E-state index in [4.69, 9.17) is 27.6 Å². The van der Waals surface area contributed by atoms with Gasteiger partial charge < -0.3 is 4.42 Å². The van der Waals surface area contributed by atoms with Gasteiger partial charge in [0.2, 0.25) is 5.89 Å². The third-order valence-electron chi connectivity index (χ3n) is 3.66. The first kappa shape index (κ1) is 19.3. The number of anilines is 1. The van der Waals surface area contributed by atoms with Gasteiger partial charge in [0.1, 0.15) is 0 Å². The summed E-state index contributed by atoms with van der Waals surface area (Å²) in [6.07, 6.45) is 0. The van der Waals surface area contributed by atoms with E-state index in [1.807, 2.05) is 0 Å². The van der Waals surface area contributed by atoms with Gasteiger partial charge in [-0.3, -0.25) is 10.1 Å². The standard InChI is InChI=1S/C17H13Cl2N3O4S/c1-2-27(24,25)12-6-3-10(4-7-12)16-21-22-17(26-16)20-15(23)13-9-11(18)5-8-14(13)19/h3-9H,2H2,1H3,(H,20,22,23). The Morgan fingerprint density at radius 1 is 1.11 bits per heavy atom. The zero-order valence-electron chi connectivity index (χ0n) is 13.9. The van der Waals surface area contributed by atoms with Gasteiger partial charge in [-0.1, -0.05) is 35.2 Å². The minimum absolute atomic E-state index is 0.00907. The quantitative estimate of drug-likeness (QED) is 0.660. The molecule has 0 aliphatic carbocycles. The molecule has 0 fully saturated rings. The predicted octanol–water partition coefficient (Wildman–Crippen LogP) is 4.09. The lowest BCUT2D eigenvalue weighted by Crippen LogP contribution is -2.12. The average Bonchev–Trinajstić information content (AvgIpc) is 3.12. The Balaban J connectivity index is 1.79. The second-order valence-corrected chi connectivity index (χ2v) is 8.54. The van der Waals surface area contributed by atoms with Crippen LogP contribution in [-0.4, -0.2) is 30.3 Å². The van der Waals surface area contributed by atoms with Crippen molar-refractivity contribution < 1.29 is 17.6 Å². The number of halogens is 2. The molecule has 0 saturated carbocycles. The number of nitrogens with one attached hydrogen (secondary N) is 1. The first-order valence-electron chi connectivity index (χ1n) is 7.73. The predicted molar refractivity (Wildman–Crippen MR) is 102 cm³/mol. The average molecular weight is 426 g/mol. The first-order valence-corrected chi connectivity index (χ1v) is 10.1. The molecule has 1 N–H and O–H groups in total. The van der Waals surface area contributed by atoms with Gasteiger partial charge in [-0.2, -0.15) is 0 Å². The second-order valence-electron chi connectivity index (χ2n) is 5.42. The van der Waals surface area contributed by atoms with Gasteiger partial charge in [-0.15, -0.1) is 5.10 Å². The van der Waals surface area contributed by atoms with Crippen LogP contribution in [0.15, 0.2) is 51.8 Å². The van der Waals surface area contributed by atoms with Crippen molar-refractivity contribution in [2.45, 2.75) is 11.8 Å². The zero-order valence-corrected chi connectivity index (χ0v) is 16.3. The van der Waals surface area contributed by atoms with E-state index in [-0.39, 0.29) is 33.1 Å². The molecular formula is C17H13Cl2N3O4S. The SMILES string of the molecule is CCS(=O)(=O)c1ccc(-c2nnc(NC(=O)c3cc(Cl)ccc3Cl)o2)cc1. The number of benzene rings is 2. The van der Waals surface area contributed by atoms with Crippen LogP contribution in [0.3, 0.4) is 0 Å². The Hall–Kier alpha value is -2.42. The number of hydrogen-bond donors (Lipinski definition) is 1. The fourth-order valence-corrected chi connectivity index (χ4v) is 3.46. The summed E-state index contributed by atoms with van der Waals surface area (Å²) < 4.78 is 29.1. The lowest BCUT2D eigenvalue weighted by molar-refractivity contribution is 0.102. The normalized spacial score (nSPS) is 11.4. The van der Waals surface area contributed by atoms with Gasteiger partial charge in [0.15, 0.2) is 9.84 Å². The number of nitrogens with zero attached hydrogens (tertiary/aromatic N) is 2. The number of aromatic nitrogens is 2. The molecule has 27 heavy (non-hydrogen) atoms. The Kier molecular flexibility index (Phi) is 5.50. The van der Waals surface area contributed by atoms with Gasteiger partial charge in [0, 0.05) is 10.6 Å². The molecule has 0 atom stereocenters. The Morgan fingerprint density at radius 2 is 1.81 bits per heavy atom. The summed E-state index contributed by atoms with van der Waals surface area (Å²) >= 11 is 11.9. The molecule has 0 bridgehead atoms. The summed E-state index contributed by atoms with van der Waals surface area (Å²) in [6, 6.07) is 10.4. The van der Waals surface area contributed by atoms with Crippen LogP contribution in [0.25, 0.3) is 11.5 Å². The molecular weight excluding hydrogens is 413 g/mol. The first-order chi connectivity index (χ1) is 12.8. The van der Waals surface area contributed by atoms with Crippen LogP contribution in [0.1, 0.15) is 17.3 Å².